The lowest BCUT2D eigenvalue weighted by atomic mass is 10.0. The SMILES string of the molecule is CCCNc1ncccc1C(=O)NCC1(CCOC)CC1. The zero-order chi connectivity index (χ0) is 15.1. The van der Waals surface area contributed by atoms with Crippen molar-refractivity contribution >= 4 is 11.7 Å². The van der Waals surface area contributed by atoms with Crippen molar-refractivity contribution in [2.45, 2.75) is 32.6 Å². The number of carbonyl (C=O) groups excluding carboxylic acids is 1. The zero-order valence-electron chi connectivity index (χ0n) is 12.9. The van der Waals surface area contributed by atoms with Crippen LogP contribution >= 0.6 is 0 Å². The van der Waals surface area contributed by atoms with Crippen molar-refractivity contribution in [1.82, 2.24) is 10.3 Å². The summed E-state index contributed by atoms with van der Waals surface area (Å²) >= 11 is 0. The standard InChI is InChI=1S/C16H25N3O2/c1-3-9-17-14-13(5-4-10-18-14)15(20)19-12-16(6-7-16)8-11-21-2/h4-5,10H,3,6-9,11-12H2,1-2H3,(H,17,18)(H,19,20). The van der Waals surface area contributed by atoms with Crippen LogP contribution in [-0.2, 0) is 4.74 Å². The third-order valence-corrected chi connectivity index (χ3v) is 4.01. The fourth-order valence-electron chi connectivity index (χ4n) is 2.35. The normalized spacial score (nSPS) is 15.5. The first-order chi connectivity index (χ1) is 10.2. The number of nitrogens with zero attached hydrogens (tertiary/aromatic N) is 1. The van der Waals surface area contributed by atoms with E-state index < -0.39 is 0 Å². The van der Waals surface area contributed by atoms with Crippen LogP contribution in [0.1, 0.15) is 43.0 Å². The molecule has 0 aromatic carbocycles. The van der Waals surface area contributed by atoms with E-state index in [1.807, 2.05) is 6.07 Å². The molecule has 0 unspecified atom stereocenters. The largest absolute Gasteiger partial charge is 0.385 e. The Hall–Kier alpha value is -1.62. The second-order valence-corrected chi connectivity index (χ2v) is 5.75. The molecule has 1 aromatic heterocycles. The number of methoxy groups -OCH3 is 1. The Bertz CT molecular complexity index is 472. The van der Waals surface area contributed by atoms with E-state index in [4.69, 9.17) is 4.74 Å². The van der Waals surface area contributed by atoms with Crippen LogP contribution in [0.3, 0.4) is 0 Å². The number of hydrogen-bond acceptors (Lipinski definition) is 4. The molecule has 2 rings (SSSR count). The predicted molar refractivity (Wildman–Crippen MR) is 83.5 cm³/mol. The summed E-state index contributed by atoms with van der Waals surface area (Å²) in [6.45, 7) is 4.38. The maximum absolute atomic E-state index is 12.4. The van der Waals surface area contributed by atoms with Crippen LogP contribution in [-0.4, -0.2) is 37.7 Å². The van der Waals surface area contributed by atoms with E-state index >= 15 is 0 Å². The van der Waals surface area contributed by atoms with Gasteiger partial charge in [0.1, 0.15) is 5.82 Å². The van der Waals surface area contributed by atoms with Crippen LogP contribution in [0.5, 0.6) is 0 Å². The summed E-state index contributed by atoms with van der Waals surface area (Å²) in [5, 5.41) is 6.25. The molecule has 0 radical (unpaired) electrons. The molecule has 0 saturated heterocycles. The highest BCUT2D eigenvalue weighted by atomic mass is 16.5. The average Bonchev–Trinajstić information content (AvgIpc) is 3.29. The van der Waals surface area contributed by atoms with Crippen molar-refractivity contribution in [3.05, 3.63) is 23.9 Å². The van der Waals surface area contributed by atoms with Gasteiger partial charge in [-0.2, -0.15) is 0 Å². The Labute approximate surface area is 126 Å². The topological polar surface area (TPSA) is 63.2 Å². The fourth-order valence-corrected chi connectivity index (χ4v) is 2.35. The van der Waals surface area contributed by atoms with Crippen LogP contribution in [0.2, 0.25) is 0 Å². The molecule has 2 N–H and O–H groups in total. The molecule has 0 spiro atoms. The summed E-state index contributed by atoms with van der Waals surface area (Å²) < 4.78 is 5.14. The van der Waals surface area contributed by atoms with Crippen LogP contribution < -0.4 is 10.6 Å². The summed E-state index contributed by atoms with van der Waals surface area (Å²) in [6.07, 6.45) is 6.06. The molecular weight excluding hydrogens is 266 g/mol. The van der Waals surface area contributed by atoms with Crippen molar-refractivity contribution in [1.29, 1.82) is 0 Å². The second-order valence-electron chi connectivity index (χ2n) is 5.75. The number of aromatic nitrogens is 1. The van der Waals surface area contributed by atoms with Crippen LogP contribution in [0.25, 0.3) is 0 Å². The van der Waals surface area contributed by atoms with Gasteiger partial charge in [0, 0.05) is 33.0 Å². The van der Waals surface area contributed by atoms with Gasteiger partial charge < -0.3 is 15.4 Å². The second kappa shape index (κ2) is 7.41. The molecule has 1 aromatic rings. The lowest BCUT2D eigenvalue weighted by Gasteiger charge is -2.16. The quantitative estimate of drug-likeness (QED) is 0.733. The average molecular weight is 291 g/mol. The van der Waals surface area contributed by atoms with Gasteiger partial charge in [-0.15, -0.1) is 0 Å². The van der Waals surface area contributed by atoms with Crippen molar-refractivity contribution in [2.75, 3.05) is 32.1 Å². The highest BCUT2D eigenvalue weighted by Crippen LogP contribution is 2.48. The molecule has 5 nitrogen and oxygen atoms in total. The molecule has 116 valence electrons. The Balaban J connectivity index is 1.91. The minimum Gasteiger partial charge on any atom is -0.385 e. The highest BCUT2D eigenvalue weighted by Gasteiger charge is 2.42. The van der Waals surface area contributed by atoms with Crippen LogP contribution in [0.15, 0.2) is 18.3 Å². The van der Waals surface area contributed by atoms with Gasteiger partial charge in [0.2, 0.25) is 0 Å². The first-order valence-corrected chi connectivity index (χ1v) is 7.67. The van der Waals surface area contributed by atoms with E-state index in [1.54, 1.807) is 19.4 Å². The molecule has 1 fully saturated rings. The van der Waals surface area contributed by atoms with E-state index in [1.165, 1.54) is 12.8 Å². The van der Waals surface area contributed by atoms with Gasteiger partial charge in [0.05, 0.1) is 5.56 Å². The van der Waals surface area contributed by atoms with E-state index in [2.05, 4.69) is 22.5 Å². The molecule has 1 saturated carbocycles. The van der Waals surface area contributed by atoms with Gasteiger partial charge in [0.25, 0.3) is 5.91 Å². The Kier molecular flexibility index (Phi) is 5.56. The number of rotatable bonds is 9. The van der Waals surface area contributed by atoms with Crippen LogP contribution in [0.4, 0.5) is 5.82 Å². The Morgan fingerprint density at radius 1 is 1.48 bits per heavy atom. The number of anilines is 1. The molecular formula is C16H25N3O2. The summed E-state index contributed by atoms with van der Waals surface area (Å²) in [7, 11) is 1.72. The van der Waals surface area contributed by atoms with Gasteiger partial charge in [0.15, 0.2) is 0 Å². The smallest absolute Gasteiger partial charge is 0.255 e. The van der Waals surface area contributed by atoms with E-state index in [0.717, 1.165) is 32.5 Å². The lowest BCUT2D eigenvalue weighted by Crippen LogP contribution is -2.31. The molecule has 1 aliphatic rings. The minimum atomic E-state index is -0.0506. The van der Waals surface area contributed by atoms with Crippen molar-refractivity contribution in [3.8, 4) is 0 Å². The molecule has 21 heavy (non-hydrogen) atoms. The number of ether oxygens (including phenoxy) is 1. The third-order valence-electron chi connectivity index (χ3n) is 4.01. The summed E-state index contributed by atoms with van der Waals surface area (Å²) in [5.74, 6) is 0.615. The predicted octanol–water partition coefficient (Wildman–Crippen LogP) is 2.45. The number of carbonyl (C=O) groups is 1. The van der Waals surface area contributed by atoms with Gasteiger partial charge in [-0.3, -0.25) is 4.79 Å². The zero-order valence-corrected chi connectivity index (χ0v) is 12.9. The maximum Gasteiger partial charge on any atom is 0.255 e. The van der Waals surface area contributed by atoms with Gasteiger partial charge in [-0.1, -0.05) is 6.92 Å². The summed E-state index contributed by atoms with van der Waals surface area (Å²) in [4.78, 5) is 16.6. The first-order valence-electron chi connectivity index (χ1n) is 7.67. The van der Waals surface area contributed by atoms with E-state index in [-0.39, 0.29) is 11.3 Å². The van der Waals surface area contributed by atoms with Gasteiger partial charge >= 0.3 is 0 Å². The molecule has 0 atom stereocenters. The molecule has 5 heteroatoms. The fraction of sp³-hybridized carbons (Fsp3) is 0.625. The monoisotopic (exact) mass is 291 g/mol. The molecule has 1 amide bonds. The van der Waals surface area contributed by atoms with E-state index in [0.29, 0.717) is 11.4 Å². The molecule has 0 bridgehead atoms. The minimum absolute atomic E-state index is 0.0506. The van der Waals surface area contributed by atoms with Crippen LogP contribution in [0, 0.1) is 5.41 Å². The highest BCUT2D eigenvalue weighted by molar-refractivity contribution is 5.98. The summed E-state index contributed by atoms with van der Waals surface area (Å²) in [6, 6.07) is 3.61. The van der Waals surface area contributed by atoms with E-state index in [9.17, 15) is 4.79 Å². The van der Waals surface area contributed by atoms with Crippen molar-refractivity contribution in [3.63, 3.8) is 0 Å². The number of amides is 1. The Morgan fingerprint density at radius 2 is 2.29 bits per heavy atom. The first kappa shape index (κ1) is 15.8. The van der Waals surface area contributed by atoms with Gasteiger partial charge in [-0.25, -0.2) is 4.98 Å². The lowest BCUT2D eigenvalue weighted by molar-refractivity contribution is 0.0938. The van der Waals surface area contributed by atoms with Gasteiger partial charge in [-0.05, 0) is 43.2 Å². The van der Waals surface area contributed by atoms with Crippen molar-refractivity contribution < 1.29 is 9.53 Å². The molecule has 1 heterocycles. The number of hydrogen-bond donors (Lipinski definition) is 2. The molecule has 1 aliphatic carbocycles. The maximum atomic E-state index is 12.4. The third kappa shape index (κ3) is 4.43. The summed E-state index contributed by atoms with van der Waals surface area (Å²) in [5.41, 5.74) is 0.874. The molecule has 0 aliphatic heterocycles. The Morgan fingerprint density at radius 3 is 2.95 bits per heavy atom. The van der Waals surface area contributed by atoms with Crippen molar-refractivity contribution in [2.24, 2.45) is 5.41 Å². The number of nitrogens with one attached hydrogen (secondary N) is 2. The number of pyridine rings is 1.